The Morgan fingerprint density at radius 1 is 1.35 bits per heavy atom. The van der Waals surface area contributed by atoms with E-state index in [1.165, 1.54) is 0 Å². The molecule has 0 fully saturated rings. The van der Waals surface area contributed by atoms with Crippen LogP contribution in [0.4, 0.5) is 0 Å². The fourth-order valence-electron chi connectivity index (χ4n) is 2.45. The monoisotopic (exact) mass is 275 g/mol. The molecule has 0 spiro atoms. The lowest BCUT2D eigenvalue weighted by molar-refractivity contribution is -0.901. The first-order valence-corrected chi connectivity index (χ1v) is 6.85. The predicted molar refractivity (Wildman–Crippen MR) is 77.9 cm³/mol. The van der Waals surface area contributed by atoms with Crippen molar-refractivity contribution in [3.05, 3.63) is 35.9 Å². The van der Waals surface area contributed by atoms with E-state index in [4.69, 9.17) is 4.74 Å². The molecule has 0 N–H and O–H groups in total. The van der Waals surface area contributed by atoms with Gasteiger partial charge < -0.3 is 9.22 Å². The average molecular weight is 275 g/mol. The van der Waals surface area contributed by atoms with Gasteiger partial charge in [-0.15, -0.1) is 0 Å². The van der Waals surface area contributed by atoms with Gasteiger partial charge >= 0.3 is 5.97 Å². The minimum atomic E-state index is -0.304. The molecule has 0 aliphatic heterocycles. The van der Waals surface area contributed by atoms with E-state index in [-0.39, 0.29) is 24.5 Å². The van der Waals surface area contributed by atoms with Crippen LogP contribution in [-0.4, -0.2) is 43.7 Å². The van der Waals surface area contributed by atoms with E-state index in [9.17, 15) is 10.1 Å². The van der Waals surface area contributed by atoms with Gasteiger partial charge in [-0.3, -0.25) is 0 Å². The number of esters is 1. The number of carbonyl (C=O) groups excluding carboxylic acids is 1. The predicted octanol–water partition coefficient (Wildman–Crippen LogP) is 2.32. The summed E-state index contributed by atoms with van der Waals surface area (Å²) in [5.74, 6) is -0.219. The van der Waals surface area contributed by atoms with Gasteiger partial charge in [0, 0.05) is 5.92 Å². The first-order valence-electron chi connectivity index (χ1n) is 6.85. The molecule has 4 heteroatoms. The molecule has 2 atom stereocenters. The Balaban J connectivity index is 2.89. The number of carbonyl (C=O) groups is 1. The Kier molecular flexibility index (Phi) is 5.72. The van der Waals surface area contributed by atoms with Crippen LogP contribution in [0.1, 0.15) is 25.3 Å². The van der Waals surface area contributed by atoms with Crippen molar-refractivity contribution in [3.8, 4) is 6.07 Å². The molecule has 0 saturated carbocycles. The zero-order valence-electron chi connectivity index (χ0n) is 12.7. The molecule has 0 amide bonds. The number of ether oxygens (including phenoxy) is 1. The maximum atomic E-state index is 11.7. The number of nitrogens with zero attached hydrogens (tertiary/aromatic N) is 2. The Bertz CT molecular complexity index is 477. The largest absolute Gasteiger partial charge is 0.462 e. The SMILES string of the molecule is CCOC(=O)C[N+](C)(C)C(C#N)C(C)c1ccccc1. The molecule has 1 aromatic rings. The molecule has 0 radical (unpaired) electrons. The van der Waals surface area contributed by atoms with E-state index >= 15 is 0 Å². The van der Waals surface area contributed by atoms with Crippen molar-refractivity contribution in [2.75, 3.05) is 27.2 Å². The Morgan fingerprint density at radius 3 is 2.45 bits per heavy atom. The maximum Gasteiger partial charge on any atom is 0.361 e. The molecule has 108 valence electrons. The normalized spacial score (nSPS) is 14.2. The molecule has 0 aliphatic rings. The summed E-state index contributed by atoms with van der Waals surface area (Å²) in [7, 11) is 3.79. The van der Waals surface area contributed by atoms with E-state index in [1.54, 1.807) is 6.92 Å². The van der Waals surface area contributed by atoms with Crippen molar-refractivity contribution in [3.63, 3.8) is 0 Å². The molecule has 0 aliphatic carbocycles. The number of hydrogen-bond acceptors (Lipinski definition) is 3. The molecule has 1 rings (SSSR count). The van der Waals surface area contributed by atoms with Gasteiger partial charge in [0.05, 0.1) is 20.7 Å². The van der Waals surface area contributed by atoms with E-state index in [2.05, 4.69) is 6.07 Å². The fourth-order valence-corrected chi connectivity index (χ4v) is 2.45. The summed E-state index contributed by atoms with van der Waals surface area (Å²) in [5.41, 5.74) is 1.11. The van der Waals surface area contributed by atoms with Gasteiger partial charge in [0.2, 0.25) is 0 Å². The van der Waals surface area contributed by atoms with E-state index < -0.39 is 0 Å². The van der Waals surface area contributed by atoms with Gasteiger partial charge in [0.25, 0.3) is 0 Å². The van der Waals surface area contributed by atoms with Crippen LogP contribution in [0.15, 0.2) is 30.3 Å². The van der Waals surface area contributed by atoms with Crippen LogP contribution in [0.2, 0.25) is 0 Å². The highest BCUT2D eigenvalue weighted by Gasteiger charge is 2.36. The lowest BCUT2D eigenvalue weighted by Crippen LogP contribution is -2.53. The number of quaternary nitrogens is 1. The van der Waals surface area contributed by atoms with E-state index in [0.29, 0.717) is 11.1 Å². The first kappa shape index (κ1) is 16.2. The van der Waals surface area contributed by atoms with Crippen molar-refractivity contribution in [1.29, 1.82) is 5.26 Å². The second kappa shape index (κ2) is 7.06. The molecular formula is C16H23N2O2+. The highest BCUT2D eigenvalue weighted by Crippen LogP contribution is 2.25. The average Bonchev–Trinajstić information content (AvgIpc) is 2.39. The summed E-state index contributed by atoms with van der Waals surface area (Å²) in [6.45, 7) is 4.37. The van der Waals surface area contributed by atoms with Gasteiger partial charge in [-0.25, -0.2) is 4.79 Å². The number of hydrogen-bond donors (Lipinski definition) is 0. The Labute approximate surface area is 121 Å². The molecule has 4 nitrogen and oxygen atoms in total. The van der Waals surface area contributed by atoms with Gasteiger partial charge in [-0.05, 0) is 12.5 Å². The molecule has 2 unspecified atom stereocenters. The highest BCUT2D eigenvalue weighted by atomic mass is 16.5. The third kappa shape index (κ3) is 4.07. The van der Waals surface area contributed by atoms with Crippen molar-refractivity contribution >= 4 is 5.97 Å². The van der Waals surface area contributed by atoms with Crippen LogP contribution in [0.3, 0.4) is 0 Å². The zero-order chi connectivity index (χ0) is 15.2. The van der Waals surface area contributed by atoms with Gasteiger partial charge in [0.1, 0.15) is 6.07 Å². The molecule has 20 heavy (non-hydrogen) atoms. The summed E-state index contributed by atoms with van der Waals surface area (Å²) >= 11 is 0. The van der Waals surface area contributed by atoms with Crippen LogP contribution in [-0.2, 0) is 9.53 Å². The molecule has 0 heterocycles. The van der Waals surface area contributed by atoms with Crippen LogP contribution < -0.4 is 0 Å². The standard InChI is InChI=1S/C16H23N2O2/c1-5-20-16(19)12-18(3,4)15(11-17)13(2)14-9-7-6-8-10-14/h6-10,13,15H,5,12H2,1-4H3/q+1. The second-order valence-electron chi connectivity index (χ2n) is 5.52. The summed E-state index contributed by atoms with van der Waals surface area (Å²) in [4.78, 5) is 11.7. The quantitative estimate of drug-likeness (QED) is 0.591. The minimum Gasteiger partial charge on any atom is -0.462 e. The van der Waals surface area contributed by atoms with Gasteiger partial charge in [-0.2, -0.15) is 5.26 Å². The van der Waals surface area contributed by atoms with Crippen molar-refractivity contribution in [1.82, 2.24) is 0 Å². The topological polar surface area (TPSA) is 50.1 Å². The first-order chi connectivity index (χ1) is 9.42. The molecule has 0 aromatic heterocycles. The van der Waals surface area contributed by atoms with E-state index in [0.717, 1.165) is 5.56 Å². The second-order valence-corrected chi connectivity index (χ2v) is 5.52. The molecule has 0 saturated heterocycles. The van der Waals surface area contributed by atoms with Crippen molar-refractivity contribution in [2.24, 2.45) is 0 Å². The third-order valence-electron chi connectivity index (χ3n) is 3.53. The lowest BCUT2D eigenvalue weighted by Gasteiger charge is -2.36. The van der Waals surface area contributed by atoms with Crippen LogP contribution in [0.5, 0.6) is 0 Å². The van der Waals surface area contributed by atoms with Crippen LogP contribution in [0, 0.1) is 11.3 Å². The number of likely N-dealkylation sites (N-methyl/N-ethyl adjacent to an activating group) is 1. The maximum absolute atomic E-state index is 11.7. The Morgan fingerprint density at radius 2 is 1.95 bits per heavy atom. The summed E-state index contributed by atoms with van der Waals surface area (Å²) in [5, 5.41) is 9.52. The minimum absolute atomic E-state index is 0.0469. The fraction of sp³-hybridized carbons (Fsp3) is 0.500. The smallest absolute Gasteiger partial charge is 0.361 e. The molecular weight excluding hydrogens is 252 g/mol. The van der Waals surface area contributed by atoms with Gasteiger partial charge in [0.15, 0.2) is 12.6 Å². The molecule has 1 aromatic carbocycles. The summed E-state index contributed by atoms with van der Waals surface area (Å²) in [6.07, 6.45) is 0. The number of benzene rings is 1. The van der Waals surface area contributed by atoms with Crippen LogP contribution >= 0.6 is 0 Å². The number of nitriles is 1. The van der Waals surface area contributed by atoms with E-state index in [1.807, 2.05) is 51.4 Å². The molecule has 0 bridgehead atoms. The highest BCUT2D eigenvalue weighted by molar-refractivity contribution is 5.70. The zero-order valence-corrected chi connectivity index (χ0v) is 12.7. The van der Waals surface area contributed by atoms with Gasteiger partial charge in [-0.1, -0.05) is 37.3 Å². The number of rotatable bonds is 6. The van der Waals surface area contributed by atoms with Crippen LogP contribution in [0.25, 0.3) is 0 Å². The summed E-state index contributed by atoms with van der Waals surface area (Å²) < 4.78 is 5.29. The summed E-state index contributed by atoms with van der Waals surface area (Å²) in [6, 6.07) is 12.0. The Hall–Kier alpha value is -1.86. The third-order valence-corrected chi connectivity index (χ3v) is 3.53. The lowest BCUT2D eigenvalue weighted by atomic mass is 9.92. The van der Waals surface area contributed by atoms with Crippen molar-refractivity contribution < 1.29 is 14.0 Å². The van der Waals surface area contributed by atoms with Crippen molar-refractivity contribution in [2.45, 2.75) is 25.8 Å².